The molecule has 0 saturated heterocycles. The molecule has 1 atom stereocenters. The van der Waals surface area contributed by atoms with Crippen molar-refractivity contribution in [1.29, 1.82) is 0 Å². The quantitative estimate of drug-likeness (QED) is 0.886. The predicted molar refractivity (Wildman–Crippen MR) is 61.8 cm³/mol. The Morgan fingerprint density at radius 1 is 1.18 bits per heavy atom. The van der Waals surface area contributed by atoms with Gasteiger partial charge in [0.15, 0.2) is 0 Å². The van der Waals surface area contributed by atoms with Gasteiger partial charge in [-0.2, -0.15) is 0 Å². The number of ether oxygens (including phenoxy) is 2. The summed E-state index contributed by atoms with van der Waals surface area (Å²) in [5, 5.41) is 0. The smallest absolute Gasteiger partial charge is 0.260 e. The van der Waals surface area contributed by atoms with Crippen molar-refractivity contribution >= 4 is 0 Å². The summed E-state index contributed by atoms with van der Waals surface area (Å²) in [4.78, 5) is 0. The van der Waals surface area contributed by atoms with Crippen LogP contribution in [0.15, 0.2) is 12.1 Å². The molecule has 17 heavy (non-hydrogen) atoms. The van der Waals surface area contributed by atoms with Crippen molar-refractivity contribution in [2.45, 2.75) is 25.8 Å². The zero-order chi connectivity index (χ0) is 13.2. The predicted octanol–water partition coefficient (Wildman–Crippen LogP) is 2.45. The molecule has 3 nitrogen and oxygen atoms in total. The number of rotatable bonds is 4. The lowest BCUT2D eigenvalue weighted by Crippen LogP contribution is -2.40. The summed E-state index contributed by atoms with van der Waals surface area (Å²) in [5.41, 5.74) is 4.93. The summed E-state index contributed by atoms with van der Waals surface area (Å²) >= 11 is 0. The van der Waals surface area contributed by atoms with Gasteiger partial charge < -0.3 is 15.2 Å². The van der Waals surface area contributed by atoms with Crippen LogP contribution in [0.25, 0.3) is 0 Å². The zero-order valence-electron chi connectivity index (χ0n) is 10.4. The van der Waals surface area contributed by atoms with E-state index in [-0.39, 0.29) is 5.56 Å². The Morgan fingerprint density at radius 3 is 1.88 bits per heavy atom. The fraction of sp³-hybridized carbons (Fsp3) is 0.500. The highest BCUT2D eigenvalue weighted by Crippen LogP contribution is 2.35. The maximum Gasteiger partial charge on any atom is 0.260 e. The Labute approximate surface area is 99.5 Å². The van der Waals surface area contributed by atoms with Gasteiger partial charge >= 0.3 is 0 Å². The highest BCUT2D eigenvalue weighted by molar-refractivity contribution is 5.49. The monoisotopic (exact) mass is 245 g/mol. The maximum atomic E-state index is 12.9. The number of halogens is 2. The SMILES string of the molecule is COc1cc(C(C)(N)C(F)F)cc(OC)c1C. The van der Waals surface area contributed by atoms with E-state index in [0.29, 0.717) is 11.5 Å². The minimum Gasteiger partial charge on any atom is -0.496 e. The largest absolute Gasteiger partial charge is 0.496 e. The van der Waals surface area contributed by atoms with Gasteiger partial charge in [-0.05, 0) is 31.5 Å². The highest BCUT2D eigenvalue weighted by atomic mass is 19.3. The van der Waals surface area contributed by atoms with E-state index in [2.05, 4.69) is 0 Å². The molecule has 0 spiro atoms. The summed E-state index contributed by atoms with van der Waals surface area (Å²) in [7, 11) is 2.95. The van der Waals surface area contributed by atoms with Gasteiger partial charge in [0.05, 0.1) is 19.8 Å². The van der Waals surface area contributed by atoms with E-state index in [0.717, 1.165) is 5.56 Å². The lowest BCUT2D eigenvalue weighted by molar-refractivity contribution is 0.0623. The van der Waals surface area contributed by atoms with Crippen LogP contribution in [0.2, 0.25) is 0 Å². The first-order valence-electron chi connectivity index (χ1n) is 5.14. The molecule has 1 rings (SSSR count). The Hall–Kier alpha value is -1.36. The van der Waals surface area contributed by atoms with Crippen LogP contribution in [-0.4, -0.2) is 20.6 Å². The van der Waals surface area contributed by atoms with E-state index in [1.807, 2.05) is 0 Å². The average Bonchev–Trinajstić information content (AvgIpc) is 2.28. The first-order valence-corrected chi connectivity index (χ1v) is 5.14. The number of benzene rings is 1. The summed E-state index contributed by atoms with van der Waals surface area (Å²) in [6.07, 6.45) is -2.67. The normalized spacial score (nSPS) is 14.6. The molecule has 0 amide bonds. The fourth-order valence-corrected chi connectivity index (χ4v) is 1.52. The molecule has 0 aliphatic heterocycles. The lowest BCUT2D eigenvalue weighted by Gasteiger charge is -2.25. The number of nitrogens with two attached hydrogens (primary N) is 1. The molecular weight excluding hydrogens is 228 g/mol. The first kappa shape index (κ1) is 13.7. The van der Waals surface area contributed by atoms with Crippen LogP contribution >= 0.6 is 0 Å². The second-order valence-electron chi connectivity index (χ2n) is 4.09. The third kappa shape index (κ3) is 2.49. The molecule has 1 unspecified atom stereocenters. The van der Waals surface area contributed by atoms with E-state index < -0.39 is 12.0 Å². The summed E-state index contributed by atoms with van der Waals surface area (Å²) in [6, 6.07) is 3.04. The van der Waals surface area contributed by atoms with E-state index >= 15 is 0 Å². The van der Waals surface area contributed by atoms with Crippen molar-refractivity contribution in [2.24, 2.45) is 5.73 Å². The van der Waals surface area contributed by atoms with Crippen molar-refractivity contribution in [3.05, 3.63) is 23.3 Å². The fourth-order valence-electron chi connectivity index (χ4n) is 1.52. The minimum absolute atomic E-state index is 0.284. The van der Waals surface area contributed by atoms with Crippen molar-refractivity contribution < 1.29 is 18.3 Å². The molecule has 1 aromatic carbocycles. The van der Waals surface area contributed by atoms with Gasteiger partial charge in [0, 0.05) is 5.56 Å². The molecule has 2 N–H and O–H groups in total. The van der Waals surface area contributed by atoms with Crippen LogP contribution in [0.1, 0.15) is 18.1 Å². The first-order chi connectivity index (χ1) is 7.84. The molecule has 0 aromatic heterocycles. The molecule has 96 valence electrons. The maximum absolute atomic E-state index is 12.9. The number of methoxy groups -OCH3 is 2. The van der Waals surface area contributed by atoms with Gasteiger partial charge in [-0.1, -0.05) is 0 Å². The van der Waals surface area contributed by atoms with Gasteiger partial charge in [0.25, 0.3) is 6.43 Å². The van der Waals surface area contributed by atoms with Crippen molar-refractivity contribution in [1.82, 2.24) is 0 Å². The van der Waals surface area contributed by atoms with Gasteiger partial charge in [0.2, 0.25) is 0 Å². The number of alkyl halides is 2. The Morgan fingerprint density at radius 2 is 1.59 bits per heavy atom. The number of hydrogen-bond donors (Lipinski definition) is 1. The van der Waals surface area contributed by atoms with Crippen LogP contribution in [0.4, 0.5) is 8.78 Å². The molecule has 0 aliphatic rings. The average molecular weight is 245 g/mol. The Bertz CT molecular complexity index is 380. The second-order valence-corrected chi connectivity index (χ2v) is 4.09. The molecule has 0 heterocycles. The topological polar surface area (TPSA) is 44.5 Å². The van der Waals surface area contributed by atoms with E-state index in [1.165, 1.54) is 33.3 Å². The van der Waals surface area contributed by atoms with Gasteiger partial charge in [0.1, 0.15) is 11.5 Å². The molecular formula is C12H17F2NO2. The zero-order valence-corrected chi connectivity index (χ0v) is 10.4. The Kier molecular flexibility index (Phi) is 3.93. The molecule has 1 aromatic rings. The van der Waals surface area contributed by atoms with Crippen LogP contribution in [0.5, 0.6) is 11.5 Å². The van der Waals surface area contributed by atoms with Crippen LogP contribution in [0.3, 0.4) is 0 Å². The van der Waals surface area contributed by atoms with Gasteiger partial charge in [-0.15, -0.1) is 0 Å². The molecule has 5 heteroatoms. The van der Waals surface area contributed by atoms with E-state index in [4.69, 9.17) is 15.2 Å². The summed E-state index contributed by atoms with van der Waals surface area (Å²) in [5.74, 6) is 0.966. The van der Waals surface area contributed by atoms with Crippen molar-refractivity contribution in [3.8, 4) is 11.5 Å². The van der Waals surface area contributed by atoms with Crippen molar-refractivity contribution in [3.63, 3.8) is 0 Å². The number of hydrogen-bond acceptors (Lipinski definition) is 3. The van der Waals surface area contributed by atoms with Crippen molar-refractivity contribution in [2.75, 3.05) is 14.2 Å². The standard InChI is InChI=1S/C12H17F2NO2/c1-7-9(16-3)5-8(6-10(7)17-4)12(2,15)11(13)14/h5-6,11H,15H2,1-4H3. The molecule has 0 aliphatic carbocycles. The summed E-state index contributed by atoms with van der Waals surface area (Å²) in [6.45, 7) is 3.07. The molecule has 0 fully saturated rings. The minimum atomic E-state index is -2.67. The van der Waals surface area contributed by atoms with Gasteiger partial charge in [-0.25, -0.2) is 8.78 Å². The van der Waals surface area contributed by atoms with Crippen LogP contribution < -0.4 is 15.2 Å². The molecule has 0 bridgehead atoms. The molecule has 0 saturated carbocycles. The van der Waals surface area contributed by atoms with E-state index in [9.17, 15) is 8.78 Å². The Balaban J connectivity index is 3.36. The second kappa shape index (κ2) is 4.87. The van der Waals surface area contributed by atoms with Gasteiger partial charge in [-0.3, -0.25) is 0 Å². The molecule has 0 radical (unpaired) electrons. The van der Waals surface area contributed by atoms with E-state index in [1.54, 1.807) is 6.92 Å². The van der Waals surface area contributed by atoms with Crippen LogP contribution in [-0.2, 0) is 5.54 Å². The summed E-state index contributed by atoms with van der Waals surface area (Å²) < 4.78 is 36.0. The lowest BCUT2D eigenvalue weighted by atomic mass is 9.92. The van der Waals surface area contributed by atoms with Crippen LogP contribution in [0, 0.1) is 6.92 Å². The third-order valence-electron chi connectivity index (χ3n) is 2.83. The highest BCUT2D eigenvalue weighted by Gasteiger charge is 2.33. The third-order valence-corrected chi connectivity index (χ3v) is 2.83.